The first-order chi connectivity index (χ1) is 8.74. The molecule has 2 rings (SSSR count). The van der Waals surface area contributed by atoms with E-state index in [1.165, 1.54) is 0 Å². The van der Waals surface area contributed by atoms with E-state index in [1.54, 1.807) is 24.6 Å². The summed E-state index contributed by atoms with van der Waals surface area (Å²) in [6, 6.07) is 4.11. The molecule has 18 heavy (non-hydrogen) atoms. The van der Waals surface area contributed by atoms with Crippen LogP contribution in [0.25, 0.3) is 10.6 Å². The number of pyridine rings is 1. The van der Waals surface area contributed by atoms with Gasteiger partial charge in [0, 0.05) is 29.2 Å². The molecule has 0 saturated heterocycles. The van der Waals surface area contributed by atoms with Crippen molar-refractivity contribution >= 4 is 11.3 Å². The van der Waals surface area contributed by atoms with Gasteiger partial charge < -0.3 is 10.1 Å². The maximum absolute atomic E-state index is 5.04. The van der Waals surface area contributed by atoms with E-state index in [9.17, 15) is 0 Å². The molecular weight excluding hydrogens is 246 g/mol. The number of methoxy groups -OCH3 is 1. The second-order valence-electron chi connectivity index (χ2n) is 3.95. The first kappa shape index (κ1) is 13.0. The van der Waals surface area contributed by atoms with Crippen molar-refractivity contribution in [3.05, 3.63) is 29.4 Å². The van der Waals surface area contributed by atoms with E-state index in [-0.39, 0.29) is 6.04 Å². The molecule has 2 aromatic rings. The van der Waals surface area contributed by atoms with E-state index >= 15 is 0 Å². The lowest BCUT2D eigenvalue weighted by molar-refractivity contribution is 0.398. The van der Waals surface area contributed by atoms with Gasteiger partial charge in [0.05, 0.1) is 12.8 Å². The lowest BCUT2D eigenvalue weighted by atomic mass is 10.2. The van der Waals surface area contributed by atoms with Crippen LogP contribution in [0.2, 0.25) is 0 Å². The summed E-state index contributed by atoms with van der Waals surface area (Å²) in [7, 11) is 1.61. The van der Waals surface area contributed by atoms with Gasteiger partial charge in [-0.2, -0.15) is 0 Å². The molecule has 5 heteroatoms. The fourth-order valence-electron chi connectivity index (χ4n) is 1.66. The predicted molar refractivity (Wildman–Crippen MR) is 74.0 cm³/mol. The Kier molecular flexibility index (Phi) is 4.28. The average Bonchev–Trinajstić information content (AvgIpc) is 2.89. The van der Waals surface area contributed by atoms with Gasteiger partial charge in [-0.05, 0) is 19.5 Å². The molecule has 0 aliphatic rings. The van der Waals surface area contributed by atoms with Crippen molar-refractivity contribution < 1.29 is 4.74 Å². The summed E-state index contributed by atoms with van der Waals surface area (Å²) in [5, 5.41) is 6.43. The molecule has 0 spiro atoms. The van der Waals surface area contributed by atoms with E-state index in [4.69, 9.17) is 4.74 Å². The molecule has 2 heterocycles. The smallest absolute Gasteiger partial charge is 0.212 e. The van der Waals surface area contributed by atoms with Gasteiger partial charge in [0.1, 0.15) is 5.01 Å². The van der Waals surface area contributed by atoms with Crippen LogP contribution >= 0.6 is 11.3 Å². The third-order valence-electron chi connectivity index (χ3n) is 2.67. The van der Waals surface area contributed by atoms with Crippen LogP contribution in [0.5, 0.6) is 5.88 Å². The predicted octanol–water partition coefficient (Wildman–Crippen LogP) is 2.88. The quantitative estimate of drug-likeness (QED) is 0.901. The van der Waals surface area contributed by atoms with Gasteiger partial charge in [0.2, 0.25) is 5.88 Å². The molecule has 0 saturated carbocycles. The molecule has 2 aromatic heterocycles. The summed E-state index contributed by atoms with van der Waals surface area (Å²) in [5.41, 5.74) is 2.10. The molecule has 0 aliphatic heterocycles. The zero-order chi connectivity index (χ0) is 13.0. The van der Waals surface area contributed by atoms with Gasteiger partial charge in [0.25, 0.3) is 0 Å². The Bertz CT molecular complexity index is 495. The average molecular weight is 263 g/mol. The minimum Gasteiger partial charge on any atom is -0.481 e. The van der Waals surface area contributed by atoms with Gasteiger partial charge >= 0.3 is 0 Å². The molecule has 0 bridgehead atoms. The molecule has 0 amide bonds. The van der Waals surface area contributed by atoms with Crippen LogP contribution in [0.15, 0.2) is 23.7 Å². The Morgan fingerprint density at radius 3 is 2.89 bits per heavy atom. The van der Waals surface area contributed by atoms with E-state index in [1.807, 2.05) is 12.1 Å². The summed E-state index contributed by atoms with van der Waals surface area (Å²) in [4.78, 5) is 8.82. The standard InChI is InChI=1S/C13H17N3OS/c1-4-14-9(2)11-8-18-13(16-11)10-5-6-12(17-3)15-7-10/h5-9,14H,4H2,1-3H3. The van der Waals surface area contributed by atoms with Crippen LogP contribution in [0.1, 0.15) is 25.6 Å². The minimum absolute atomic E-state index is 0.284. The second-order valence-corrected chi connectivity index (χ2v) is 4.80. The van der Waals surface area contributed by atoms with Crippen molar-refractivity contribution in [1.82, 2.24) is 15.3 Å². The number of hydrogen-bond donors (Lipinski definition) is 1. The van der Waals surface area contributed by atoms with Gasteiger partial charge in [-0.15, -0.1) is 11.3 Å². The monoisotopic (exact) mass is 263 g/mol. The summed E-state index contributed by atoms with van der Waals surface area (Å²) in [6.07, 6.45) is 1.79. The topological polar surface area (TPSA) is 47.0 Å². The van der Waals surface area contributed by atoms with Crippen LogP contribution in [0.3, 0.4) is 0 Å². The lowest BCUT2D eigenvalue weighted by Gasteiger charge is -2.08. The molecule has 0 fully saturated rings. The van der Waals surface area contributed by atoms with E-state index in [0.29, 0.717) is 5.88 Å². The molecule has 0 aliphatic carbocycles. The normalized spacial score (nSPS) is 12.4. The number of aromatic nitrogens is 2. The summed E-state index contributed by atoms with van der Waals surface area (Å²) in [6.45, 7) is 5.16. The first-order valence-electron chi connectivity index (χ1n) is 5.93. The summed E-state index contributed by atoms with van der Waals surface area (Å²) >= 11 is 1.64. The van der Waals surface area contributed by atoms with Gasteiger partial charge in [-0.3, -0.25) is 0 Å². The fraction of sp³-hybridized carbons (Fsp3) is 0.385. The van der Waals surface area contributed by atoms with E-state index < -0.39 is 0 Å². The highest BCUT2D eigenvalue weighted by molar-refractivity contribution is 7.13. The number of nitrogens with one attached hydrogen (secondary N) is 1. The van der Waals surface area contributed by atoms with Crippen LogP contribution in [0.4, 0.5) is 0 Å². The molecule has 96 valence electrons. The zero-order valence-corrected chi connectivity index (χ0v) is 11.6. The third-order valence-corrected chi connectivity index (χ3v) is 3.58. The first-order valence-corrected chi connectivity index (χ1v) is 6.81. The van der Waals surface area contributed by atoms with Crippen molar-refractivity contribution in [2.24, 2.45) is 0 Å². The molecule has 1 unspecified atom stereocenters. The van der Waals surface area contributed by atoms with Gasteiger partial charge in [-0.25, -0.2) is 9.97 Å². The Morgan fingerprint density at radius 1 is 1.44 bits per heavy atom. The molecule has 0 aromatic carbocycles. The van der Waals surface area contributed by atoms with E-state index in [2.05, 4.69) is 34.5 Å². The highest BCUT2D eigenvalue weighted by Crippen LogP contribution is 2.26. The van der Waals surface area contributed by atoms with Crippen LogP contribution in [-0.4, -0.2) is 23.6 Å². The SMILES string of the molecule is CCNC(C)c1csc(-c2ccc(OC)nc2)n1. The molecule has 0 radical (unpaired) electrons. The molecular formula is C13H17N3OS. The Labute approximate surface area is 111 Å². The Morgan fingerprint density at radius 2 is 2.28 bits per heavy atom. The molecule has 1 atom stereocenters. The number of hydrogen-bond acceptors (Lipinski definition) is 5. The fourth-order valence-corrected chi connectivity index (χ4v) is 2.56. The molecule has 4 nitrogen and oxygen atoms in total. The van der Waals surface area contributed by atoms with Crippen molar-refractivity contribution in [1.29, 1.82) is 0 Å². The Balaban J connectivity index is 2.18. The highest BCUT2D eigenvalue weighted by Gasteiger charge is 2.10. The Hall–Kier alpha value is -1.46. The van der Waals surface area contributed by atoms with Crippen molar-refractivity contribution in [2.45, 2.75) is 19.9 Å². The highest BCUT2D eigenvalue weighted by atomic mass is 32.1. The second kappa shape index (κ2) is 5.93. The maximum atomic E-state index is 5.04. The molecule has 1 N–H and O–H groups in total. The summed E-state index contributed by atoms with van der Waals surface area (Å²) in [5.74, 6) is 0.622. The largest absolute Gasteiger partial charge is 0.481 e. The van der Waals surface area contributed by atoms with Crippen molar-refractivity contribution in [3.8, 4) is 16.5 Å². The third kappa shape index (κ3) is 2.86. The van der Waals surface area contributed by atoms with E-state index in [0.717, 1.165) is 22.8 Å². The van der Waals surface area contributed by atoms with Crippen LogP contribution < -0.4 is 10.1 Å². The number of ether oxygens (including phenoxy) is 1. The van der Waals surface area contributed by atoms with Gasteiger partial charge in [-0.1, -0.05) is 6.92 Å². The number of thiazole rings is 1. The lowest BCUT2D eigenvalue weighted by Crippen LogP contribution is -2.17. The van der Waals surface area contributed by atoms with Crippen LogP contribution in [-0.2, 0) is 0 Å². The van der Waals surface area contributed by atoms with Crippen molar-refractivity contribution in [3.63, 3.8) is 0 Å². The van der Waals surface area contributed by atoms with Crippen LogP contribution in [0, 0.1) is 0 Å². The zero-order valence-electron chi connectivity index (χ0n) is 10.8. The van der Waals surface area contributed by atoms with Gasteiger partial charge in [0.15, 0.2) is 0 Å². The van der Waals surface area contributed by atoms with Crippen molar-refractivity contribution in [2.75, 3.05) is 13.7 Å². The maximum Gasteiger partial charge on any atom is 0.212 e. The minimum atomic E-state index is 0.284. The number of nitrogens with zero attached hydrogens (tertiary/aromatic N) is 2. The summed E-state index contributed by atoms with van der Waals surface area (Å²) < 4.78 is 5.04. The number of rotatable bonds is 5.